The molecule has 0 bridgehead atoms. The Balaban J connectivity index is 1.90. The number of rotatable bonds is 3. The van der Waals surface area contributed by atoms with Crippen molar-refractivity contribution >= 4 is 5.69 Å². The van der Waals surface area contributed by atoms with Gasteiger partial charge in [0.1, 0.15) is 5.82 Å². The second-order valence-electron chi connectivity index (χ2n) is 4.92. The lowest BCUT2D eigenvalue weighted by Crippen LogP contribution is -2.44. The Morgan fingerprint density at radius 1 is 1.35 bits per heavy atom. The van der Waals surface area contributed by atoms with E-state index in [1.165, 1.54) is 24.2 Å². The van der Waals surface area contributed by atoms with Gasteiger partial charge in [-0.15, -0.1) is 0 Å². The van der Waals surface area contributed by atoms with E-state index in [-0.39, 0.29) is 0 Å². The molecule has 2 aliphatic rings. The van der Waals surface area contributed by atoms with E-state index in [4.69, 9.17) is 4.98 Å². The summed E-state index contributed by atoms with van der Waals surface area (Å²) in [4.78, 5) is 11.7. The number of aromatic nitrogens is 2. The molecule has 1 saturated heterocycles. The van der Waals surface area contributed by atoms with Gasteiger partial charge >= 0.3 is 0 Å². The summed E-state index contributed by atoms with van der Waals surface area (Å²) >= 11 is 0. The molecular formula is C13H20N4. The van der Waals surface area contributed by atoms with Crippen LogP contribution in [0.1, 0.15) is 37.2 Å². The first-order chi connectivity index (χ1) is 8.38. The van der Waals surface area contributed by atoms with Crippen molar-refractivity contribution in [2.45, 2.75) is 32.1 Å². The Morgan fingerprint density at radius 2 is 2.12 bits per heavy atom. The van der Waals surface area contributed by atoms with E-state index in [9.17, 15) is 0 Å². The van der Waals surface area contributed by atoms with Gasteiger partial charge in [-0.1, -0.05) is 6.92 Å². The summed E-state index contributed by atoms with van der Waals surface area (Å²) in [6, 6.07) is 0. The highest BCUT2D eigenvalue weighted by atomic mass is 15.2. The van der Waals surface area contributed by atoms with Crippen molar-refractivity contribution in [3.05, 3.63) is 17.7 Å². The Bertz CT molecular complexity index is 394. The molecule has 1 N–H and O–H groups in total. The second kappa shape index (κ2) is 4.61. The third-order valence-electron chi connectivity index (χ3n) is 3.59. The lowest BCUT2D eigenvalue weighted by Gasteiger charge is -2.30. The van der Waals surface area contributed by atoms with E-state index in [1.807, 2.05) is 6.20 Å². The van der Waals surface area contributed by atoms with Crippen LogP contribution in [0.2, 0.25) is 0 Å². The average Bonchev–Trinajstić information content (AvgIpc) is 3.23. The normalized spacial score (nSPS) is 20.6. The van der Waals surface area contributed by atoms with E-state index >= 15 is 0 Å². The molecule has 4 heteroatoms. The second-order valence-corrected chi connectivity index (χ2v) is 4.92. The van der Waals surface area contributed by atoms with Crippen LogP contribution in [0.4, 0.5) is 5.69 Å². The van der Waals surface area contributed by atoms with Gasteiger partial charge in [0.25, 0.3) is 0 Å². The number of nitrogens with zero attached hydrogens (tertiary/aromatic N) is 3. The Labute approximate surface area is 102 Å². The summed E-state index contributed by atoms with van der Waals surface area (Å²) in [6.07, 6.45) is 5.59. The van der Waals surface area contributed by atoms with Crippen LogP contribution in [0.5, 0.6) is 0 Å². The minimum Gasteiger partial charge on any atom is -0.366 e. The zero-order valence-corrected chi connectivity index (χ0v) is 10.4. The number of aryl methyl sites for hydroxylation is 1. The number of hydrogen-bond donors (Lipinski definition) is 1. The topological polar surface area (TPSA) is 41.1 Å². The van der Waals surface area contributed by atoms with Gasteiger partial charge in [0.05, 0.1) is 17.6 Å². The maximum atomic E-state index is 4.76. The Kier molecular flexibility index (Phi) is 2.97. The van der Waals surface area contributed by atoms with E-state index in [2.05, 4.69) is 22.1 Å². The van der Waals surface area contributed by atoms with E-state index in [1.54, 1.807) is 0 Å². The van der Waals surface area contributed by atoms with Gasteiger partial charge in [-0.05, 0) is 12.8 Å². The first-order valence-corrected chi connectivity index (χ1v) is 6.70. The number of piperazine rings is 1. The zero-order valence-electron chi connectivity index (χ0n) is 10.4. The highest BCUT2D eigenvalue weighted by Gasteiger charge is 2.30. The van der Waals surface area contributed by atoms with Crippen molar-refractivity contribution in [3.8, 4) is 0 Å². The molecule has 1 aromatic rings. The molecule has 2 fully saturated rings. The van der Waals surface area contributed by atoms with Gasteiger partial charge in [-0.2, -0.15) is 0 Å². The van der Waals surface area contributed by atoms with Crippen molar-refractivity contribution in [2.75, 3.05) is 31.1 Å². The van der Waals surface area contributed by atoms with Crippen LogP contribution in [-0.4, -0.2) is 36.1 Å². The van der Waals surface area contributed by atoms with Gasteiger partial charge < -0.3 is 10.2 Å². The highest BCUT2D eigenvalue weighted by molar-refractivity contribution is 5.52. The van der Waals surface area contributed by atoms with Crippen molar-refractivity contribution < 1.29 is 0 Å². The molecule has 0 radical (unpaired) electrons. The van der Waals surface area contributed by atoms with Crippen LogP contribution >= 0.6 is 0 Å². The number of nitrogens with one attached hydrogen (secondary N) is 1. The molecule has 2 heterocycles. The zero-order chi connectivity index (χ0) is 11.7. The van der Waals surface area contributed by atoms with Crippen molar-refractivity contribution in [1.29, 1.82) is 0 Å². The summed E-state index contributed by atoms with van der Waals surface area (Å²) in [5.74, 6) is 1.69. The molecule has 17 heavy (non-hydrogen) atoms. The Morgan fingerprint density at radius 3 is 2.76 bits per heavy atom. The predicted octanol–water partition coefficient (Wildman–Crippen LogP) is 1.33. The summed E-state index contributed by atoms with van der Waals surface area (Å²) in [7, 11) is 0. The largest absolute Gasteiger partial charge is 0.366 e. The van der Waals surface area contributed by atoms with Crippen LogP contribution in [0.25, 0.3) is 0 Å². The van der Waals surface area contributed by atoms with Crippen LogP contribution in [0.15, 0.2) is 6.20 Å². The molecular weight excluding hydrogens is 212 g/mol. The molecule has 3 rings (SSSR count). The van der Waals surface area contributed by atoms with E-state index < -0.39 is 0 Å². The maximum absolute atomic E-state index is 4.76. The van der Waals surface area contributed by atoms with Gasteiger partial charge in [0.15, 0.2) is 0 Å². The summed E-state index contributed by atoms with van der Waals surface area (Å²) in [6.45, 7) is 6.42. The molecule has 1 aromatic heterocycles. The lowest BCUT2D eigenvalue weighted by molar-refractivity contribution is 0.585. The van der Waals surface area contributed by atoms with Crippen LogP contribution in [-0.2, 0) is 6.42 Å². The molecule has 4 nitrogen and oxygen atoms in total. The number of anilines is 1. The van der Waals surface area contributed by atoms with Gasteiger partial charge in [0, 0.05) is 38.5 Å². The molecule has 1 aliphatic carbocycles. The molecule has 0 amide bonds. The molecule has 0 spiro atoms. The maximum Gasteiger partial charge on any atom is 0.128 e. The van der Waals surface area contributed by atoms with Crippen molar-refractivity contribution in [1.82, 2.24) is 15.3 Å². The lowest BCUT2D eigenvalue weighted by atomic mass is 10.2. The smallest absolute Gasteiger partial charge is 0.128 e. The molecule has 0 unspecified atom stereocenters. The van der Waals surface area contributed by atoms with Crippen molar-refractivity contribution in [3.63, 3.8) is 0 Å². The van der Waals surface area contributed by atoms with Gasteiger partial charge in [-0.3, -0.25) is 0 Å². The van der Waals surface area contributed by atoms with E-state index in [0.29, 0.717) is 5.92 Å². The number of hydrogen-bond acceptors (Lipinski definition) is 4. The van der Waals surface area contributed by atoms with E-state index in [0.717, 1.165) is 38.4 Å². The minimum atomic E-state index is 0.702. The summed E-state index contributed by atoms with van der Waals surface area (Å²) < 4.78 is 0. The standard InChI is InChI=1S/C13H20N4/c1-2-12-15-9-11(13(16-12)10-3-4-10)17-7-5-14-6-8-17/h9-10,14H,2-8H2,1H3. The average molecular weight is 232 g/mol. The Hall–Kier alpha value is -1.16. The van der Waals surface area contributed by atoms with Crippen LogP contribution in [0.3, 0.4) is 0 Å². The first kappa shape index (κ1) is 11.0. The predicted molar refractivity (Wildman–Crippen MR) is 68.5 cm³/mol. The third kappa shape index (κ3) is 2.27. The summed E-state index contributed by atoms with van der Waals surface area (Å²) in [5.41, 5.74) is 2.59. The minimum absolute atomic E-state index is 0.702. The van der Waals surface area contributed by atoms with Gasteiger partial charge in [-0.25, -0.2) is 9.97 Å². The van der Waals surface area contributed by atoms with Gasteiger partial charge in [0.2, 0.25) is 0 Å². The monoisotopic (exact) mass is 232 g/mol. The first-order valence-electron chi connectivity index (χ1n) is 6.70. The quantitative estimate of drug-likeness (QED) is 0.853. The molecule has 1 saturated carbocycles. The fourth-order valence-corrected chi connectivity index (χ4v) is 2.40. The molecule has 1 aliphatic heterocycles. The SMILES string of the molecule is CCc1ncc(N2CCNCC2)c(C2CC2)n1. The highest BCUT2D eigenvalue weighted by Crippen LogP contribution is 2.43. The molecule has 0 atom stereocenters. The molecule has 0 aromatic carbocycles. The third-order valence-corrected chi connectivity index (χ3v) is 3.59. The fraction of sp³-hybridized carbons (Fsp3) is 0.692. The van der Waals surface area contributed by atoms with Crippen LogP contribution < -0.4 is 10.2 Å². The van der Waals surface area contributed by atoms with Crippen molar-refractivity contribution in [2.24, 2.45) is 0 Å². The molecule has 92 valence electrons. The summed E-state index contributed by atoms with van der Waals surface area (Å²) in [5, 5.41) is 3.39. The fourth-order valence-electron chi connectivity index (χ4n) is 2.40. The van der Waals surface area contributed by atoms with Crippen LogP contribution in [0, 0.1) is 0 Å².